The van der Waals surface area contributed by atoms with E-state index in [0.717, 1.165) is 17.0 Å². The van der Waals surface area contributed by atoms with Gasteiger partial charge in [-0.2, -0.15) is 5.10 Å². The van der Waals surface area contributed by atoms with Crippen LogP contribution < -0.4 is 11.0 Å². The number of aryl methyl sites for hydroxylation is 1. The van der Waals surface area contributed by atoms with E-state index in [9.17, 15) is 4.79 Å². The zero-order valence-electron chi connectivity index (χ0n) is 12.7. The number of aromatic nitrogens is 5. The average molecular weight is 309 g/mol. The van der Waals surface area contributed by atoms with E-state index in [4.69, 9.17) is 0 Å². The molecule has 2 N–H and O–H groups in total. The monoisotopic (exact) mass is 309 g/mol. The molecule has 8 heteroatoms. The quantitative estimate of drug-likeness (QED) is 0.562. The van der Waals surface area contributed by atoms with Crippen molar-refractivity contribution < 1.29 is 0 Å². The molecule has 0 unspecified atom stereocenters. The highest BCUT2D eigenvalue weighted by atomic mass is 16.1. The lowest BCUT2D eigenvalue weighted by molar-refractivity contribution is 0.897. The van der Waals surface area contributed by atoms with E-state index >= 15 is 0 Å². The first-order valence-corrected chi connectivity index (χ1v) is 6.96. The Morgan fingerprint density at radius 3 is 2.70 bits per heavy atom. The standard InChI is InChI=1S/C15H15N7O/c1-10(18-20-15-17-14(23)11(2)19-21-15)12-3-5-13(6-4-12)22-8-7-16-9-22/h3-9H,1-2H3,(H2,17,20,21,23)/b18-10+. The summed E-state index contributed by atoms with van der Waals surface area (Å²) in [7, 11) is 0. The highest BCUT2D eigenvalue weighted by molar-refractivity contribution is 5.99. The molecule has 0 saturated heterocycles. The number of anilines is 1. The Hall–Kier alpha value is -3.29. The largest absolute Gasteiger partial charge is 0.306 e. The number of rotatable bonds is 4. The minimum atomic E-state index is -0.292. The van der Waals surface area contributed by atoms with Crippen LogP contribution in [-0.4, -0.2) is 30.4 Å². The zero-order chi connectivity index (χ0) is 16.2. The van der Waals surface area contributed by atoms with E-state index in [1.165, 1.54) is 0 Å². The van der Waals surface area contributed by atoms with Crippen molar-refractivity contribution in [2.45, 2.75) is 13.8 Å². The smallest absolute Gasteiger partial charge is 0.274 e. The van der Waals surface area contributed by atoms with E-state index in [0.29, 0.717) is 5.69 Å². The van der Waals surface area contributed by atoms with Gasteiger partial charge in [0.05, 0.1) is 12.0 Å². The van der Waals surface area contributed by atoms with Gasteiger partial charge >= 0.3 is 0 Å². The predicted molar refractivity (Wildman–Crippen MR) is 86.8 cm³/mol. The fourth-order valence-electron chi connectivity index (χ4n) is 1.93. The Balaban J connectivity index is 1.75. The number of nitrogens with zero attached hydrogens (tertiary/aromatic N) is 5. The molecule has 8 nitrogen and oxygen atoms in total. The number of nitrogens with one attached hydrogen (secondary N) is 2. The van der Waals surface area contributed by atoms with Gasteiger partial charge in [-0.15, -0.1) is 10.2 Å². The summed E-state index contributed by atoms with van der Waals surface area (Å²) in [5, 5.41) is 11.8. The summed E-state index contributed by atoms with van der Waals surface area (Å²) in [5.41, 5.74) is 5.43. The van der Waals surface area contributed by atoms with Crippen molar-refractivity contribution >= 4 is 11.7 Å². The molecule has 0 fully saturated rings. The molecule has 0 atom stereocenters. The number of hydrogen-bond donors (Lipinski definition) is 2. The second kappa shape index (κ2) is 6.22. The first-order valence-electron chi connectivity index (χ1n) is 6.96. The summed E-state index contributed by atoms with van der Waals surface area (Å²) >= 11 is 0. The molecule has 0 amide bonds. The molecule has 0 saturated carbocycles. The molecule has 0 aliphatic heterocycles. The fraction of sp³-hybridized carbons (Fsp3) is 0.133. The summed E-state index contributed by atoms with van der Waals surface area (Å²) in [6.45, 7) is 3.45. The SMILES string of the molecule is C/C(=N\Nc1nnc(C)c(=O)[nH]1)c1ccc(-n2ccnc2)cc1. The lowest BCUT2D eigenvalue weighted by Crippen LogP contribution is -2.16. The van der Waals surface area contributed by atoms with Crippen LogP contribution in [0.15, 0.2) is 52.9 Å². The van der Waals surface area contributed by atoms with Crippen LogP contribution in [-0.2, 0) is 0 Å². The van der Waals surface area contributed by atoms with Crippen LogP contribution in [0.2, 0.25) is 0 Å². The van der Waals surface area contributed by atoms with Gasteiger partial charge in [0.25, 0.3) is 5.56 Å². The number of aromatic amines is 1. The highest BCUT2D eigenvalue weighted by Gasteiger charge is 2.01. The van der Waals surface area contributed by atoms with Crippen LogP contribution in [0.4, 0.5) is 5.95 Å². The highest BCUT2D eigenvalue weighted by Crippen LogP contribution is 2.10. The Bertz CT molecular complexity index is 879. The Morgan fingerprint density at radius 1 is 1.26 bits per heavy atom. The molecule has 0 aliphatic rings. The molecule has 0 spiro atoms. The van der Waals surface area contributed by atoms with Gasteiger partial charge in [-0.05, 0) is 31.5 Å². The molecule has 1 aromatic carbocycles. The molecule has 0 aliphatic carbocycles. The third-order valence-electron chi connectivity index (χ3n) is 3.28. The number of H-pyrrole nitrogens is 1. The van der Waals surface area contributed by atoms with Gasteiger partial charge in [-0.3, -0.25) is 9.78 Å². The van der Waals surface area contributed by atoms with Gasteiger partial charge in [-0.1, -0.05) is 12.1 Å². The molecule has 3 aromatic rings. The Morgan fingerprint density at radius 2 is 2.04 bits per heavy atom. The fourth-order valence-corrected chi connectivity index (χ4v) is 1.93. The van der Waals surface area contributed by atoms with Crippen LogP contribution in [0.3, 0.4) is 0 Å². The topological polar surface area (TPSA) is 101 Å². The summed E-state index contributed by atoms with van der Waals surface area (Å²) in [5.74, 6) is 0.204. The Kier molecular flexibility index (Phi) is 3.96. The summed E-state index contributed by atoms with van der Waals surface area (Å²) in [4.78, 5) is 18.0. The first-order chi connectivity index (χ1) is 11.1. The summed E-state index contributed by atoms with van der Waals surface area (Å²) in [6, 6.07) is 7.87. The van der Waals surface area contributed by atoms with E-state index in [2.05, 4.69) is 30.7 Å². The maximum atomic E-state index is 11.5. The van der Waals surface area contributed by atoms with Gasteiger partial charge < -0.3 is 4.57 Å². The molecule has 23 heavy (non-hydrogen) atoms. The first kappa shape index (κ1) is 14.6. The zero-order valence-corrected chi connectivity index (χ0v) is 12.7. The predicted octanol–water partition coefficient (Wildman–Crippen LogP) is 1.50. The number of benzene rings is 1. The molecular weight excluding hydrogens is 294 g/mol. The minimum Gasteiger partial charge on any atom is -0.306 e. The second-order valence-electron chi connectivity index (χ2n) is 4.91. The van der Waals surface area contributed by atoms with Crippen molar-refractivity contribution in [2.75, 3.05) is 5.43 Å². The van der Waals surface area contributed by atoms with Crippen molar-refractivity contribution in [1.29, 1.82) is 0 Å². The average Bonchev–Trinajstić information content (AvgIpc) is 3.10. The van der Waals surface area contributed by atoms with Gasteiger partial charge in [0.15, 0.2) is 0 Å². The molecule has 116 valence electrons. The summed E-state index contributed by atoms with van der Waals surface area (Å²) < 4.78 is 1.92. The van der Waals surface area contributed by atoms with Crippen molar-refractivity contribution in [3.8, 4) is 5.69 Å². The van der Waals surface area contributed by atoms with Crippen molar-refractivity contribution in [2.24, 2.45) is 5.10 Å². The van der Waals surface area contributed by atoms with Crippen LogP contribution in [0.1, 0.15) is 18.2 Å². The molecule has 3 rings (SSSR count). The Labute approximate surface area is 131 Å². The number of hydrogen-bond acceptors (Lipinski definition) is 6. The van der Waals surface area contributed by atoms with E-state index in [1.54, 1.807) is 19.4 Å². The number of imidazole rings is 1. The summed E-state index contributed by atoms with van der Waals surface area (Å²) in [6.07, 6.45) is 5.35. The van der Waals surface area contributed by atoms with E-state index < -0.39 is 0 Å². The normalized spacial score (nSPS) is 11.5. The third-order valence-corrected chi connectivity index (χ3v) is 3.28. The maximum Gasteiger partial charge on any atom is 0.274 e. The maximum absolute atomic E-state index is 11.5. The van der Waals surface area contributed by atoms with Crippen LogP contribution in [0.25, 0.3) is 5.69 Å². The molecule has 2 aromatic heterocycles. The molecule has 2 heterocycles. The van der Waals surface area contributed by atoms with Gasteiger partial charge in [-0.25, -0.2) is 10.4 Å². The lowest BCUT2D eigenvalue weighted by atomic mass is 10.1. The molecule has 0 radical (unpaired) electrons. The lowest BCUT2D eigenvalue weighted by Gasteiger charge is -2.05. The number of hydrazone groups is 1. The van der Waals surface area contributed by atoms with Crippen molar-refractivity contribution in [1.82, 2.24) is 24.7 Å². The van der Waals surface area contributed by atoms with Crippen LogP contribution >= 0.6 is 0 Å². The third kappa shape index (κ3) is 3.31. The molecular formula is C15H15N7O. The van der Waals surface area contributed by atoms with Gasteiger partial charge in [0.1, 0.15) is 5.69 Å². The van der Waals surface area contributed by atoms with Crippen molar-refractivity contribution in [3.05, 3.63) is 64.6 Å². The van der Waals surface area contributed by atoms with E-state index in [-0.39, 0.29) is 11.5 Å². The van der Waals surface area contributed by atoms with Crippen LogP contribution in [0, 0.1) is 6.92 Å². The molecule has 0 bridgehead atoms. The van der Waals surface area contributed by atoms with E-state index in [1.807, 2.05) is 42.0 Å². The minimum absolute atomic E-state index is 0.204. The van der Waals surface area contributed by atoms with Crippen LogP contribution in [0.5, 0.6) is 0 Å². The van der Waals surface area contributed by atoms with Gasteiger partial charge in [0, 0.05) is 18.1 Å². The van der Waals surface area contributed by atoms with Crippen molar-refractivity contribution in [3.63, 3.8) is 0 Å². The second-order valence-corrected chi connectivity index (χ2v) is 4.91. The van der Waals surface area contributed by atoms with Gasteiger partial charge in [0.2, 0.25) is 5.95 Å².